The number of fused-ring (bicyclic) bond motifs is 8. The highest BCUT2D eigenvalue weighted by atomic mass is 32.1. The smallest absolute Gasteiger partial charge is 0.0467 e. The maximum atomic E-state index is 2.38. The van der Waals surface area contributed by atoms with Crippen LogP contribution in [0.1, 0.15) is 0 Å². The standard InChI is InChI=1S/C54H35NS/c1-2-12-36(13-3-1)40-16-10-17-44(34-40)55(43-31-26-38(27-32-43)51-35-41-14-4-5-18-45(41)47-19-6-7-20-48(47)51)42-29-24-37(25-30-42)46-22-11-15-39-28-33-50-49-21-8-9-23-52(49)56-54(50)53(39)46/h1-35H. The van der Waals surface area contributed by atoms with Gasteiger partial charge in [0.15, 0.2) is 0 Å². The second-order valence-electron chi connectivity index (χ2n) is 14.5. The fraction of sp³-hybridized carbons (Fsp3) is 0. The zero-order valence-electron chi connectivity index (χ0n) is 30.6. The average Bonchev–Trinajstić information content (AvgIpc) is 3.66. The lowest BCUT2D eigenvalue weighted by molar-refractivity contribution is 1.28. The highest BCUT2D eigenvalue weighted by molar-refractivity contribution is 7.26. The van der Waals surface area contributed by atoms with Gasteiger partial charge in [-0.15, -0.1) is 11.3 Å². The summed E-state index contributed by atoms with van der Waals surface area (Å²) in [7, 11) is 0. The Bertz CT molecular complexity index is 3230. The van der Waals surface area contributed by atoms with Crippen LogP contribution in [0.25, 0.3) is 85.9 Å². The third kappa shape index (κ3) is 5.46. The van der Waals surface area contributed by atoms with E-state index < -0.39 is 0 Å². The SMILES string of the molecule is c1ccc(-c2cccc(N(c3ccc(-c4cc5ccccc5c5ccccc45)cc3)c3ccc(-c4cccc5ccc6c7ccccc7sc6c45)cc3)c2)cc1. The lowest BCUT2D eigenvalue weighted by Crippen LogP contribution is -2.10. The summed E-state index contributed by atoms with van der Waals surface area (Å²) >= 11 is 1.89. The first-order valence-electron chi connectivity index (χ1n) is 19.2. The molecule has 0 spiro atoms. The summed E-state index contributed by atoms with van der Waals surface area (Å²) in [5.41, 5.74) is 10.6. The minimum atomic E-state index is 1.11. The molecule has 1 nitrogen and oxygen atoms in total. The maximum absolute atomic E-state index is 2.38. The molecule has 0 amide bonds. The Labute approximate surface area is 330 Å². The lowest BCUT2D eigenvalue weighted by atomic mass is 9.93. The van der Waals surface area contributed by atoms with E-state index in [1.807, 2.05) is 11.3 Å². The minimum Gasteiger partial charge on any atom is -0.310 e. The molecule has 2 heteroatoms. The third-order valence-electron chi connectivity index (χ3n) is 11.2. The molecule has 0 saturated carbocycles. The second kappa shape index (κ2) is 13.4. The summed E-state index contributed by atoms with van der Waals surface area (Å²) in [5, 5.41) is 10.3. The first-order chi connectivity index (χ1) is 27.8. The Kier molecular flexibility index (Phi) is 7.75. The van der Waals surface area contributed by atoms with Crippen molar-refractivity contribution in [3.05, 3.63) is 212 Å². The van der Waals surface area contributed by atoms with Crippen LogP contribution in [-0.2, 0) is 0 Å². The molecule has 0 fully saturated rings. The van der Waals surface area contributed by atoms with E-state index in [2.05, 4.69) is 217 Å². The summed E-state index contributed by atoms with van der Waals surface area (Å²) in [5.74, 6) is 0. The van der Waals surface area contributed by atoms with Crippen LogP contribution in [-0.4, -0.2) is 0 Å². The highest BCUT2D eigenvalue weighted by Crippen LogP contribution is 2.44. The largest absolute Gasteiger partial charge is 0.310 e. The summed E-state index contributed by atoms with van der Waals surface area (Å²) in [6.07, 6.45) is 0. The Morgan fingerprint density at radius 2 is 0.911 bits per heavy atom. The van der Waals surface area contributed by atoms with Crippen LogP contribution >= 0.6 is 11.3 Å². The van der Waals surface area contributed by atoms with Gasteiger partial charge in [-0.2, -0.15) is 0 Å². The van der Waals surface area contributed by atoms with Crippen molar-refractivity contribution in [2.24, 2.45) is 0 Å². The van der Waals surface area contributed by atoms with E-state index in [1.54, 1.807) is 0 Å². The van der Waals surface area contributed by atoms with Crippen LogP contribution < -0.4 is 4.90 Å². The van der Waals surface area contributed by atoms with Gasteiger partial charge in [0.25, 0.3) is 0 Å². The molecule has 11 aromatic rings. The first kappa shape index (κ1) is 32.4. The van der Waals surface area contributed by atoms with Gasteiger partial charge in [0.2, 0.25) is 0 Å². The number of thiophene rings is 1. The molecule has 0 N–H and O–H groups in total. The van der Waals surface area contributed by atoms with E-state index in [1.165, 1.54) is 85.9 Å². The van der Waals surface area contributed by atoms with Gasteiger partial charge in [0.05, 0.1) is 0 Å². The summed E-state index contributed by atoms with van der Waals surface area (Å²) in [6, 6.07) is 77.6. The van der Waals surface area contributed by atoms with Gasteiger partial charge in [-0.05, 0) is 109 Å². The Hall–Kier alpha value is -7.00. The molecule has 0 unspecified atom stereocenters. The van der Waals surface area contributed by atoms with Gasteiger partial charge in [-0.3, -0.25) is 0 Å². The van der Waals surface area contributed by atoms with Crippen molar-refractivity contribution in [1.82, 2.24) is 0 Å². The zero-order valence-corrected chi connectivity index (χ0v) is 31.4. The molecule has 0 bridgehead atoms. The van der Waals surface area contributed by atoms with Crippen LogP contribution in [0.2, 0.25) is 0 Å². The normalized spacial score (nSPS) is 11.6. The fourth-order valence-electron chi connectivity index (χ4n) is 8.57. The molecule has 0 aliphatic rings. The van der Waals surface area contributed by atoms with E-state index in [4.69, 9.17) is 0 Å². The minimum absolute atomic E-state index is 1.11. The molecule has 0 atom stereocenters. The average molecular weight is 730 g/mol. The van der Waals surface area contributed by atoms with Gasteiger partial charge < -0.3 is 4.90 Å². The summed E-state index contributed by atoms with van der Waals surface area (Å²) < 4.78 is 2.68. The molecule has 10 aromatic carbocycles. The molecule has 0 radical (unpaired) electrons. The number of anilines is 3. The summed E-state index contributed by atoms with van der Waals surface area (Å²) in [6.45, 7) is 0. The molecule has 0 saturated heterocycles. The predicted octanol–water partition coefficient (Wildman–Crippen LogP) is 16.0. The second-order valence-corrected chi connectivity index (χ2v) is 15.5. The fourth-order valence-corrected chi connectivity index (χ4v) is 9.84. The summed E-state index contributed by atoms with van der Waals surface area (Å²) in [4.78, 5) is 2.38. The van der Waals surface area contributed by atoms with Crippen molar-refractivity contribution in [2.75, 3.05) is 4.90 Å². The molecule has 56 heavy (non-hydrogen) atoms. The molecule has 11 rings (SSSR count). The van der Waals surface area contributed by atoms with Crippen LogP contribution in [0.4, 0.5) is 17.1 Å². The maximum Gasteiger partial charge on any atom is 0.0467 e. The molecular formula is C54H35NS. The van der Waals surface area contributed by atoms with Crippen molar-refractivity contribution in [3.63, 3.8) is 0 Å². The number of hydrogen-bond donors (Lipinski definition) is 0. The van der Waals surface area contributed by atoms with E-state index >= 15 is 0 Å². The van der Waals surface area contributed by atoms with E-state index in [0.717, 1.165) is 17.1 Å². The van der Waals surface area contributed by atoms with Gasteiger partial charge in [-0.1, -0.05) is 164 Å². The monoisotopic (exact) mass is 729 g/mol. The zero-order chi connectivity index (χ0) is 37.0. The lowest BCUT2D eigenvalue weighted by Gasteiger charge is -2.26. The first-order valence-corrected chi connectivity index (χ1v) is 20.0. The molecule has 0 aliphatic heterocycles. The van der Waals surface area contributed by atoms with E-state index in [0.29, 0.717) is 0 Å². The van der Waals surface area contributed by atoms with Crippen molar-refractivity contribution >= 4 is 80.9 Å². The third-order valence-corrected chi connectivity index (χ3v) is 12.4. The molecular weight excluding hydrogens is 695 g/mol. The van der Waals surface area contributed by atoms with Gasteiger partial charge in [0, 0.05) is 42.6 Å². The Morgan fingerprint density at radius 3 is 1.70 bits per heavy atom. The number of benzene rings is 10. The number of nitrogens with zero attached hydrogens (tertiary/aromatic N) is 1. The van der Waals surface area contributed by atoms with Crippen LogP contribution in [0.15, 0.2) is 212 Å². The van der Waals surface area contributed by atoms with Crippen LogP contribution in [0, 0.1) is 0 Å². The van der Waals surface area contributed by atoms with Gasteiger partial charge in [0.1, 0.15) is 0 Å². The van der Waals surface area contributed by atoms with Crippen molar-refractivity contribution in [1.29, 1.82) is 0 Å². The van der Waals surface area contributed by atoms with Crippen molar-refractivity contribution in [2.45, 2.75) is 0 Å². The van der Waals surface area contributed by atoms with Crippen LogP contribution in [0.5, 0.6) is 0 Å². The molecule has 1 heterocycles. The molecule has 262 valence electrons. The van der Waals surface area contributed by atoms with Gasteiger partial charge >= 0.3 is 0 Å². The predicted molar refractivity (Wildman–Crippen MR) is 243 cm³/mol. The van der Waals surface area contributed by atoms with E-state index in [9.17, 15) is 0 Å². The number of rotatable bonds is 6. The molecule has 1 aromatic heterocycles. The van der Waals surface area contributed by atoms with Crippen molar-refractivity contribution < 1.29 is 0 Å². The quantitative estimate of drug-likeness (QED) is 0.154. The molecule has 0 aliphatic carbocycles. The van der Waals surface area contributed by atoms with Crippen molar-refractivity contribution in [3.8, 4) is 33.4 Å². The highest BCUT2D eigenvalue weighted by Gasteiger charge is 2.17. The van der Waals surface area contributed by atoms with Gasteiger partial charge in [-0.25, -0.2) is 0 Å². The Balaban J connectivity index is 1.04. The van der Waals surface area contributed by atoms with E-state index in [-0.39, 0.29) is 0 Å². The number of hydrogen-bond acceptors (Lipinski definition) is 2. The van der Waals surface area contributed by atoms with Crippen LogP contribution in [0.3, 0.4) is 0 Å². The topological polar surface area (TPSA) is 3.24 Å². The Morgan fingerprint density at radius 1 is 0.304 bits per heavy atom.